The van der Waals surface area contributed by atoms with Crippen LogP contribution in [0.2, 0.25) is 0 Å². The van der Waals surface area contributed by atoms with Crippen molar-refractivity contribution in [2.45, 2.75) is 39.2 Å². The number of benzene rings is 1. The lowest BCUT2D eigenvalue weighted by molar-refractivity contribution is -0.116. The lowest BCUT2D eigenvalue weighted by Gasteiger charge is -2.19. The van der Waals surface area contributed by atoms with E-state index in [1.165, 1.54) is 0 Å². The summed E-state index contributed by atoms with van der Waals surface area (Å²) in [5.74, 6) is 0.151. The van der Waals surface area contributed by atoms with Gasteiger partial charge < -0.3 is 5.11 Å². The van der Waals surface area contributed by atoms with E-state index >= 15 is 0 Å². The minimum atomic E-state index is -0.729. The molecule has 0 unspecified atom stereocenters. The molecule has 0 saturated carbocycles. The molecular weight excluding hydrogens is 188 g/mol. The Morgan fingerprint density at radius 1 is 1.27 bits per heavy atom. The van der Waals surface area contributed by atoms with Crippen molar-refractivity contribution in [3.8, 4) is 0 Å². The number of carbonyl (C=O) groups excluding carboxylic acids is 1. The van der Waals surface area contributed by atoms with Crippen LogP contribution in [0.25, 0.3) is 0 Å². The van der Waals surface area contributed by atoms with E-state index in [9.17, 15) is 9.90 Å². The van der Waals surface area contributed by atoms with Crippen LogP contribution in [0, 0.1) is 0 Å². The van der Waals surface area contributed by atoms with Crippen molar-refractivity contribution in [2.75, 3.05) is 0 Å². The molecule has 0 saturated heterocycles. The fourth-order valence-corrected chi connectivity index (χ4v) is 1.64. The number of rotatable bonds is 4. The molecule has 0 atom stereocenters. The van der Waals surface area contributed by atoms with Crippen LogP contribution in [0.15, 0.2) is 24.3 Å². The van der Waals surface area contributed by atoms with Gasteiger partial charge in [-0.15, -0.1) is 0 Å². The topological polar surface area (TPSA) is 37.3 Å². The molecule has 0 aromatic heterocycles. The minimum absolute atomic E-state index is 0.151. The first kappa shape index (κ1) is 11.9. The van der Waals surface area contributed by atoms with Crippen molar-refractivity contribution in [3.63, 3.8) is 0 Å². The lowest BCUT2D eigenvalue weighted by atomic mass is 9.93. The summed E-state index contributed by atoms with van der Waals surface area (Å²) in [5, 5.41) is 9.74. The van der Waals surface area contributed by atoms with E-state index < -0.39 is 5.60 Å². The molecule has 15 heavy (non-hydrogen) atoms. The predicted molar refractivity (Wildman–Crippen MR) is 60.8 cm³/mol. The highest BCUT2D eigenvalue weighted by Gasteiger charge is 2.15. The highest BCUT2D eigenvalue weighted by molar-refractivity contribution is 5.78. The van der Waals surface area contributed by atoms with Crippen LogP contribution in [-0.2, 0) is 17.6 Å². The molecule has 2 heteroatoms. The molecular formula is C13H18O2. The molecule has 0 aliphatic heterocycles. The number of Topliss-reactive ketones (excluding diaryl/α,β-unsaturated/α-hetero) is 1. The number of hydrogen-bond donors (Lipinski definition) is 1. The Kier molecular flexibility index (Phi) is 3.64. The minimum Gasteiger partial charge on any atom is -0.390 e. The van der Waals surface area contributed by atoms with Crippen molar-refractivity contribution in [3.05, 3.63) is 35.4 Å². The van der Waals surface area contributed by atoms with Crippen molar-refractivity contribution in [1.29, 1.82) is 0 Å². The molecule has 0 bridgehead atoms. The zero-order valence-corrected chi connectivity index (χ0v) is 9.58. The molecule has 1 rings (SSSR count). The first-order valence-corrected chi connectivity index (χ1v) is 5.17. The molecule has 1 N–H and O–H groups in total. The molecule has 0 amide bonds. The maximum Gasteiger partial charge on any atom is 0.134 e. The molecule has 1 aromatic rings. The second-order valence-electron chi connectivity index (χ2n) is 4.64. The van der Waals surface area contributed by atoms with E-state index in [0.717, 1.165) is 11.1 Å². The van der Waals surface area contributed by atoms with E-state index in [1.807, 2.05) is 24.3 Å². The van der Waals surface area contributed by atoms with Crippen molar-refractivity contribution in [1.82, 2.24) is 0 Å². The zero-order chi connectivity index (χ0) is 11.5. The van der Waals surface area contributed by atoms with Gasteiger partial charge >= 0.3 is 0 Å². The smallest absolute Gasteiger partial charge is 0.134 e. The van der Waals surface area contributed by atoms with Crippen LogP contribution in [0.4, 0.5) is 0 Å². The summed E-state index contributed by atoms with van der Waals surface area (Å²) in [4.78, 5) is 11.1. The number of carbonyl (C=O) groups is 1. The number of aliphatic hydroxyl groups is 1. The molecule has 0 heterocycles. The Morgan fingerprint density at radius 3 is 2.27 bits per heavy atom. The summed E-state index contributed by atoms with van der Waals surface area (Å²) in [6, 6.07) is 7.77. The molecule has 0 fully saturated rings. The van der Waals surface area contributed by atoms with Crippen LogP contribution in [0.1, 0.15) is 31.9 Å². The quantitative estimate of drug-likeness (QED) is 0.819. The molecule has 0 radical (unpaired) electrons. The Balaban J connectivity index is 2.91. The largest absolute Gasteiger partial charge is 0.390 e. The third-order valence-electron chi connectivity index (χ3n) is 2.18. The predicted octanol–water partition coefficient (Wildman–Crippen LogP) is 2.13. The van der Waals surface area contributed by atoms with E-state index in [1.54, 1.807) is 20.8 Å². The molecule has 1 aromatic carbocycles. The average Bonchev–Trinajstić information content (AvgIpc) is 2.05. The maximum absolute atomic E-state index is 11.1. The molecule has 0 aliphatic carbocycles. The van der Waals surface area contributed by atoms with Gasteiger partial charge in [0, 0.05) is 12.8 Å². The number of hydrogen-bond acceptors (Lipinski definition) is 2. The van der Waals surface area contributed by atoms with Gasteiger partial charge in [0.1, 0.15) is 5.78 Å². The Morgan fingerprint density at radius 2 is 1.80 bits per heavy atom. The standard InChI is InChI=1S/C13H18O2/c1-10(14)8-11-6-4-5-7-12(11)9-13(2,3)15/h4-7,15H,8-9H2,1-3H3. The van der Waals surface area contributed by atoms with Crippen molar-refractivity contribution >= 4 is 5.78 Å². The summed E-state index contributed by atoms with van der Waals surface area (Å²) in [7, 11) is 0. The van der Waals surface area contributed by atoms with E-state index in [-0.39, 0.29) is 5.78 Å². The summed E-state index contributed by atoms with van der Waals surface area (Å²) in [6.07, 6.45) is 1.03. The highest BCUT2D eigenvalue weighted by Crippen LogP contribution is 2.17. The van der Waals surface area contributed by atoms with Gasteiger partial charge in [-0.3, -0.25) is 4.79 Å². The van der Waals surface area contributed by atoms with E-state index in [4.69, 9.17) is 0 Å². The van der Waals surface area contributed by atoms with Gasteiger partial charge in [0.15, 0.2) is 0 Å². The maximum atomic E-state index is 11.1. The Hall–Kier alpha value is -1.15. The van der Waals surface area contributed by atoms with Crippen LogP contribution in [-0.4, -0.2) is 16.5 Å². The van der Waals surface area contributed by atoms with Gasteiger partial charge in [0.05, 0.1) is 5.60 Å². The van der Waals surface area contributed by atoms with Crippen molar-refractivity contribution < 1.29 is 9.90 Å². The first-order valence-electron chi connectivity index (χ1n) is 5.17. The zero-order valence-electron chi connectivity index (χ0n) is 9.58. The van der Waals surface area contributed by atoms with Gasteiger partial charge in [-0.2, -0.15) is 0 Å². The van der Waals surface area contributed by atoms with Crippen molar-refractivity contribution in [2.24, 2.45) is 0 Å². The van der Waals surface area contributed by atoms with Gasteiger partial charge in [0.25, 0.3) is 0 Å². The fraction of sp³-hybridized carbons (Fsp3) is 0.462. The van der Waals surface area contributed by atoms with Crippen LogP contribution in [0.5, 0.6) is 0 Å². The third-order valence-corrected chi connectivity index (χ3v) is 2.18. The third kappa shape index (κ3) is 4.26. The van der Waals surface area contributed by atoms with E-state index in [0.29, 0.717) is 12.8 Å². The van der Waals surface area contributed by atoms with Crippen LogP contribution < -0.4 is 0 Å². The van der Waals surface area contributed by atoms with Gasteiger partial charge in [-0.05, 0) is 31.9 Å². The molecule has 82 valence electrons. The fourth-order valence-electron chi connectivity index (χ4n) is 1.64. The Labute approximate surface area is 90.9 Å². The molecule has 0 aliphatic rings. The summed E-state index contributed by atoms with van der Waals surface area (Å²) in [6.45, 7) is 5.13. The average molecular weight is 206 g/mol. The molecule has 0 spiro atoms. The highest BCUT2D eigenvalue weighted by atomic mass is 16.3. The summed E-state index contributed by atoms with van der Waals surface area (Å²) in [5.41, 5.74) is 1.35. The second kappa shape index (κ2) is 4.58. The monoisotopic (exact) mass is 206 g/mol. The second-order valence-corrected chi connectivity index (χ2v) is 4.64. The summed E-state index contributed by atoms with van der Waals surface area (Å²) < 4.78 is 0. The van der Waals surface area contributed by atoms with E-state index in [2.05, 4.69) is 0 Å². The van der Waals surface area contributed by atoms with Gasteiger partial charge in [0.2, 0.25) is 0 Å². The lowest BCUT2D eigenvalue weighted by Crippen LogP contribution is -2.22. The summed E-state index contributed by atoms with van der Waals surface area (Å²) >= 11 is 0. The van der Waals surface area contributed by atoms with Crippen LogP contribution in [0.3, 0.4) is 0 Å². The SMILES string of the molecule is CC(=O)Cc1ccccc1CC(C)(C)O. The number of ketones is 1. The van der Waals surface area contributed by atoms with Crippen LogP contribution >= 0.6 is 0 Å². The first-order chi connectivity index (χ1) is 6.88. The van der Waals surface area contributed by atoms with Gasteiger partial charge in [-0.25, -0.2) is 0 Å². The molecule has 2 nitrogen and oxygen atoms in total. The normalized spacial score (nSPS) is 11.5. The van der Waals surface area contributed by atoms with Gasteiger partial charge in [-0.1, -0.05) is 24.3 Å². The Bertz CT molecular complexity index is 348.